The van der Waals surface area contributed by atoms with E-state index < -0.39 is 0 Å². The predicted molar refractivity (Wildman–Crippen MR) is 179 cm³/mol. The Balaban J connectivity index is 1.46. The van der Waals surface area contributed by atoms with E-state index in [2.05, 4.69) is 120 Å². The van der Waals surface area contributed by atoms with E-state index in [1.807, 2.05) is 34.0 Å². The van der Waals surface area contributed by atoms with E-state index in [9.17, 15) is 0 Å². The van der Waals surface area contributed by atoms with Gasteiger partial charge in [-0.2, -0.15) is 0 Å². The number of hydrogen-bond acceptors (Lipinski definition) is 3. The zero-order chi connectivity index (χ0) is 25.9. The summed E-state index contributed by atoms with van der Waals surface area (Å²) in [6.07, 6.45) is 0. The molecule has 40 heavy (non-hydrogen) atoms. The Morgan fingerprint density at radius 2 is 0.800 bits per heavy atom. The molecule has 1 nitrogen and oxygen atoms in total. The summed E-state index contributed by atoms with van der Waals surface area (Å²) in [5.41, 5.74) is 3.76. The van der Waals surface area contributed by atoms with Gasteiger partial charge in [0.15, 0.2) is 0 Å². The van der Waals surface area contributed by atoms with Gasteiger partial charge in [0.25, 0.3) is 0 Å². The fourth-order valence-electron chi connectivity index (χ4n) is 6.75. The average molecular weight is 562 g/mol. The first kappa shape index (κ1) is 21.6. The van der Waals surface area contributed by atoms with Gasteiger partial charge in [-0.1, -0.05) is 54.6 Å². The maximum Gasteiger partial charge on any atom is 0.0548 e. The van der Waals surface area contributed by atoms with Crippen LogP contribution in [0.2, 0.25) is 0 Å². The monoisotopic (exact) mass is 561 g/mol. The predicted octanol–water partition coefficient (Wildman–Crippen LogP) is 11.9. The van der Waals surface area contributed by atoms with Gasteiger partial charge in [-0.15, -0.1) is 34.0 Å². The fraction of sp³-hybridized carbons (Fsp3) is 0. The lowest BCUT2D eigenvalue weighted by atomic mass is 10.0. The smallest absolute Gasteiger partial charge is 0.0548 e. The number of rotatable bonds is 1. The molecular weight excluding hydrogens is 543 g/mol. The molecule has 4 heterocycles. The maximum absolute atomic E-state index is 2.51. The van der Waals surface area contributed by atoms with Gasteiger partial charge in [0, 0.05) is 77.0 Å². The van der Waals surface area contributed by atoms with Crippen LogP contribution in [0, 0.1) is 0 Å². The topological polar surface area (TPSA) is 4.93 Å². The molecule has 0 aliphatic carbocycles. The summed E-state index contributed by atoms with van der Waals surface area (Å²) < 4.78 is 10.6. The highest BCUT2D eigenvalue weighted by Crippen LogP contribution is 2.48. The van der Waals surface area contributed by atoms with Crippen LogP contribution in [0.15, 0.2) is 115 Å². The van der Waals surface area contributed by atoms with Crippen LogP contribution in [-0.4, -0.2) is 4.57 Å². The van der Waals surface area contributed by atoms with Gasteiger partial charge in [-0.3, -0.25) is 0 Å². The first-order chi connectivity index (χ1) is 19.8. The van der Waals surface area contributed by atoms with E-state index in [4.69, 9.17) is 0 Å². The zero-order valence-electron chi connectivity index (χ0n) is 21.1. The SMILES string of the molecule is c1ccc2c(c1)sc1ccc(-n3c4ccc5sc6ccccc6c5c4c4c5c(ccc43)sc3ccccc35)cc12. The Kier molecular flexibility index (Phi) is 4.16. The first-order valence-electron chi connectivity index (χ1n) is 13.4. The Bertz CT molecular complexity index is 2530. The Morgan fingerprint density at radius 1 is 0.350 bits per heavy atom. The van der Waals surface area contributed by atoms with Gasteiger partial charge in [0.05, 0.1) is 11.0 Å². The third-order valence-electron chi connectivity index (χ3n) is 8.39. The molecule has 186 valence electrons. The van der Waals surface area contributed by atoms with E-state index in [0.717, 1.165) is 0 Å². The van der Waals surface area contributed by atoms with Gasteiger partial charge < -0.3 is 4.57 Å². The van der Waals surface area contributed by atoms with Crippen molar-refractivity contribution in [1.82, 2.24) is 4.57 Å². The molecule has 0 N–H and O–H groups in total. The molecule has 0 amide bonds. The largest absolute Gasteiger partial charge is 0.309 e. The molecule has 0 saturated heterocycles. The molecule has 0 atom stereocenters. The minimum Gasteiger partial charge on any atom is -0.309 e. The number of fused-ring (bicyclic) bond motifs is 14. The summed E-state index contributed by atoms with van der Waals surface area (Å²) in [4.78, 5) is 0. The molecular formula is C36H19NS3. The van der Waals surface area contributed by atoms with E-state index in [0.29, 0.717) is 0 Å². The van der Waals surface area contributed by atoms with Crippen molar-refractivity contribution < 1.29 is 0 Å². The van der Waals surface area contributed by atoms with Gasteiger partial charge in [-0.05, 0) is 60.7 Å². The zero-order valence-corrected chi connectivity index (χ0v) is 23.6. The molecule has 6 aromatic carbocycles. The maximum atomic E-state index is 2.51. The molecule has 0 bridgehead atoms. The second kappa shape index (κ2) is 7.70. The van der Waals surface area contributed by atoms with Gasteiger partial charge in [0.2, 0.25) is 0 Å². The van der Waals surface area contributed by atoms with Gasteiger partial charge in [-0.25, -0.2) is 0 Å². The molecule has 0 aliphatic rings. The van der Waals surface area contributed by atoms with Crippen molar-refractivity contribution in [2.45, 2.75) is 0 Å². The third-order valence-corrected chi connectivity index (χ3v) is 11.8. The van der Waals surface area contributed by atoms with E-state index in [-0.39, 0.29) is 0 Å². The Morgan fingerprint density at radius 3 is 1.40 bits per heavy atom. The van der Waals surface area contributed by atoms with Crippen molar-refractivity contribution in [1.29, 1.82) is 0 Å². The molecule has 10 aromatic rings. The van der Waals surface area contributed by atoms with Crippen molar-refractivity contribution in [2.24, 2.45) is 0 Å². The van der Waals surface area contributed by atoms with Crippen LogP contribution < -0.4 is 0 Å². The molecule has 0 spiro atoms. The second-order valence-electron chi connectivity index (χ2n) is 10.5. The highest BCUT2D eigenvalue weighted by molar-refractivity contribution is 7.27. The summed E-state index contributed by atoms with van der Waals surface area (Å²) in [6, 6.07) is 42.9. The van der Waals surface area contributed by atoms with Crippen LogP contribution in [0.5, 0.6) is 0 Å². The molecule has 0 radical (unpaired) electrons. The molecule has 4 aromatic heterocycles. The van der Waals surface area contributed by atoms with Crippen LogP contribution in [0.3, 0.4) is 0 Å². The second-order valence-corrected chi connectivity index (χ2v) is 13.7. The van der Waals surface area contributed by atoms with Crippen molar-refractivity contribution in [3.8, 4) is 5.69 Å². The van der Waals surface area contributed by atoms with Crippen LogP contribution >= 0.6 is 34.0 Å². The van der Waals surface area contributed by atoms with Gasteiger partial charge in [0.1, 0.15) is 0 Å². The lowest BCUT2D eigenvalue weighted by molar-refractivity contribution is 1.19. The molecule has 0 saturated carbocycles. The van der Waals surface area contributed by atoms with Crippen LogP contribution in [0.25, 0.3) is 88.0 Å². The number of benzene rings is 6. The summed E-state index contributed by atoms with van der Waals surface area (Å²) in [6.45, 7) is 0. The van der Waals surface area contributed by atoms with Crippen LogP contribution in [0.1, 0.15) is 0 Å². The van der Waals surface area contributed by atoms with Crippen LogP contribution in [0.4, 0.5) is 0 Å². The lowest BCUT2D eigenvalue weighted by Gasteiger charge is -2.08. The van der Waals surface area contributed by atoms with Crippen LogP contribution in [-0.2, 0) is 0 Å². The van der Waals surface area contributed by atoms with E-state index >= 15 is 0 Å². The summed E-state index contributed by atoms with van der Waals surface area (Å²) in [5, 5.41) is 10.9. The van der Waals surface area contributed by atoms with Crippen molar-refractivity contribution in [3.05, 3.63) is 115 Å². The number of aromatic nitrogens is 1. The summed E-state index contributed by atoms with van der Waals surface area (Å²) >= 11 is 5.68. The Hall–Kier alpha value is -4.22. The molecule has 0 aliphatic heterocycles. The molecule has 4 heteroatoms. The average Bonchev–Trinajstić information content (AvgIpc) is 3.74. The van der Waals surface area contributed by atoms with E-state index in [1.165, 1.54) is 88.0 Å². The minimum absolute atomic E-state index is 1.22. The summed E-state index contributed by atoms with van der Waals surface area (Å²) in [7, 11) is 0. The summed E-state index contributed by atoms with van der Waals surface area (Å²) in [5.74, 6) is 0. The van der Waals surface area contributed by atoms with Crippen molar-refractivity contribution in [3.63, 3.8) is 0 Å². The first-order valence-corrected chi connectivity index (χ1v) is 15.9. The number of hydrogen-bond donors (Lipinski definition) is 0. The normalized spacial score (nSPS) is 12.5. The van der Waals surface area contributed by atoms with Crippen molar-refractivity contribution >= 4 is 116 Å². The molecule has 10 rings (SSSR count). The standard InChI is InChI=1S/C36H19NS3/c1-4-10-27-21(7-1)24-19-20(13-16-30(24)38-27)37-25-14-17-31-33(22-8-2-5-11-28(22)39-31)35(25)36-26(37)15-18-32-34(36)23-9-3-6-12-29(23)40-32/h1-19H. The van der Waals surface area contributed by atoms with E-state index in [1.54, 1.807) is 0 Å². The lowest BCUT2D eigenvalue weighted by Crippen LogP contribution is -1.93. The quantitative estimate of drug-likeness (QED) is 0.188. The molecule has 0 unspecified atom stereocenters. The minimum atomic E-state index is 1.22. The highest BCUT2D eigenvalue weighted by Gasteiger charge is 2.21. The van der Waals surface area contributed by atoms with Gasteiger partial charge >= 0.3 is 0 Å². The highest BCUT2D eigenvalue weighted by atomic mass is 32.1. The third kappa shape index (κ3) is 2.71. The fourth-order valence-corrected chi connectivity index (χ4v) is 10.1. The number of thiophene rings is 3. The van der Waals surface area contributed by atoms with Crippen molar-refractivity contribution in [2.75, 3.05) is 0 Å². The Labute approximate surface area is 240 Å². The number of nitrogens with zero attached hydrogens (tertiary/aromatic N) is 1. The molecule has 0 fully saturated rings.